The van der Waals surface area contributed by atoms with Crippen LogP contribution in [0, 0.1) is 0 Å². The molecule has 0 aromatic rings. The summed E-state index contributed by atoms with van der Waals surface area (Å²) in [4.78, 5) is 22.9. The Kier molecular flexibility index (Phi) is 30.4. The molecule has 0 radical (unpaired) electrons. The Morgan fingerprint density at radius 3 is 1.79 bits per heavy atom. The largest absolute Gasteiger partial charge is 0.472 e. The number of unbranched alkanes of at least 4 members (excludes halogenated alkanes) is 14. The number of hydrogen-bond acceptors (Lipinski definition) is 5. The van der Waals surface area contributed by atoms with E-state index in [4.69, 9.17) is 9.05 Å². The fourth-order valence-corrected chi connectivity index (χ4v) is 5.64. The van der Waals surface area contributed by atoms with Crippen LogP contribution in [0.15, 0.2) is 48.6 Å². The van der Waals surface area contributed by atoms with Crippen molar-refractivity contribution in [2.45, 2.75) is 154 Å². The summed E-state index contributed by atoms with van der Waals surface area (Å²) in [5.41, 5.74) is 0. The van der Waals surface area contributed by atoms with Crippen molar-refractivity contribution in [1.82, 2.24) is 5.32 Å². The van der Waals surface area contributed by atoms with Crippen molar-refractivity contribution < 1.29 is 32.9 Å². The van der Waals surface area contributed by atoms with Gasteiger partial charge in [-0.05, 0) is 64.2 Å². The molecular formula is C39H74N2O6P+. The normalized spacial score (nSPS) is 15.2. The highest BCUT2D eigenvalue weighted by Gasteiger charge is 2.27. The number of hydrogen-bond donors (Lipinski definition) is 3. The lowest BCUT2D eigenvalue weighted by Crippen LogP contribution is -2.45. The standard InChI is InChI=1S/C39H73N2O6P/c1-6-8-10-12-14-16-17-18-19-20-21-22-23-25-27-29-31-33-39(43)40-37(36-47-48(44,45)46-35-34-41(3,4)5)38(42)32-30-28-26-24-15-13-11-9-7-2/h14-16,18-19,24,30,32,37-38,42H,6-13,17,20-23,25-29,31,33-36H2,1-5H3,(H-,40,43,44,45)/p+1/b16-14-,19-18-,24-15+,32-30+. The molecule has 3 N–H and O–H groups in total. The van der Waals surface area contributed by atoms with E-state index in [0.29, 0.717) is 17.4 Å². The number of nitrogens with one attached hydrogen (secondary N) is 1. The number of nitrogens with zero attached hydrogens (tertiary/aromatic N) is 1. The zero-order chi connectivity index (χ0) is 35.8. The lowest BCUT2D eigenvalue weighted by atomic mass is 10.1. The van der Waals surface area contributed by atoms with Gasteiger partial charge in [0.25, 0.3) is 0 Å². The highest BCUT2D eigenvalue weighted by atomic mass is 31.2. The van der Waals surface area contributed by atoms with E-state index in [1.807, 2.05) is 27.2 Å². The quantitative estimate of drug-likeness (QED) is 0.0273. The molecule has 9 heteroatoms. The summed E-state index contributed by atoms with van der Waals surface area (Å²) in [6.07, 6.45) is 37.5. The van der Waals surface area contributed by atoms with Crippen LogP contribution in [0.1, 0.15) is 142 Å². The maximum atomic E-state index is 12.8. The Balaban J connectivity index is 4.49. The second-order valence-corrected chi connectivity index (χ2v) is 15.4. The third-order valence-corrected chi connectivity index (χ3v) is 9.01. The van der Waals surface area contributed by atoms with E-state index in [0.717, 1.165) is 51.4 Å². The molecule has 0 aliphatic carbocycles. The SMILES string of the molecule is CCCCC/C=C\C/C=C\CCCCCCCCCC(=O)NC(COP(=O)(O)OCC[N+](C)(C)C)C(O)/C=C/CC/C=C/CCCCC. The van der Waals surface area contributed by atoms with Gasteiger partial charge in [0.1, 0.15) is 13.2 Å². The monoisotopic (exact) mass is 698 g/mol. The zero-order valence-corrected chi connectivity index (χ0v) is 32.4. The fraction of sp³-hybridized carbons (Fsp3) is 0.769. The first-order valence-corrected chi connectivity index (χ1v) is 20.5. The predicted molar refractivity (Wildman–Crippen MR) is 203 cm³/mol. The number of likely N-dealkylation sites (N-methyl/N-ethyl adjacent to an activating group) is 1. The molecule has 280 valence electrons. The van der Waals surface area contributed by atoms with E-state index < -0.39 is 20.0 Å². The molecule has 1 amide bonds. The Bertz CT molecular complexity index is 928. The van der Waals surface area contributed by atoms with Crippen molar-refractivity contribution in [3.8, 4) is 0 Å². The van der Waals surface area contributed by atoms with Crippen molar-refractivity contribution in [1.29, 1.82) is 0 Å². The Labute approximate surface area is 295 Å². The zero-order valence-electron chi connectivity index (χ0n) is 31.5. The average molecular weight is 698 g/mol. The minimum absolute atomic E-state index is 0.0525. The Hall–Kier alpha value is -1.54. The number of rotatable bonds is 33. The van der Waals surface area contributed by atoms with Gasteiger partial charge in [0.05, 0.1) is 39.9 Å². The molecule has 48 heavy (non-hydrogen) atoms. The molecule has 0 aliphatic heterocycles. The molecule has 3 atom stereocenters. The maximum absolute atomic E-state index is 12.8. The topological polar surface area (TPSA) is 105 Å². The molecule has 0 saturated carbocycles. The van der Waals surface area contributed by atoms with E-state index >= 15 is 0 Å². The molecule has 0 heterocycles. The number of carbonyl (C=O) groups is 1. The first-order chi connectivity index (χ1) is 23.0. The van der Waals surface area contributed by atoms with Gasteiger partial charge in [-0.2, -0.15) is 0 Å². The Morgan fingerprint density at radius 2 is 1.21 bits per heavy atom. The lowest BCUT2D eigenvalue weighted by molar-refractivity contribution is -0.870. The summed E-state index contributed by atoms with van der Waals surface area (Å²) >= 11 is 0. The fourth-order valence-electron chi connectivity index (χ4n) is 4.91. The van der Waals surface area contributed by atoms with Crippen LogP contribution < -0.4 is 5.32 Å². The second kappa shape index (κ2) is 31.4. The molecule has 0 saturated heterocycles. The van der Waals surface area contributed by atoms with Gasteiger partial charge >= 0.3 is 7.82 Å². The smallest absolute Gasteiger partial charge is 0.387 e. The van der Waals surface area contributed by atoms with Crippen LogP contribution >= 0.6 is 7.82 Å². The molecule has 0 fully saturated rings. The summed E-state index contributed by atoms with van der Waals surface area (Å²) in [7, 11) is 1.54. The van der Waals surface area contributed by atoms with Gasteiger partial charge in [-0.3, -0.25) is 13.8 Å². The molecule has 8 nitrogen and oxygen atoms in total. The summed E-state index contributed by atoms with van der Waals surface area (Å²) in [6.45, 7) is 4.67. The Morgan fingerprint density at radius 1 is 0.708 bits per heavy atom. The van der Waals surface area contributed by atoms with E-state index in [1.165, 1.54) is 70.6 Å². The molecule has 0 aromatic heterocycles. The highest BCUT2D eigenvalue weighted by molar-refractivity contribution is 7.47. The number of allylic oxidation sites excluding steroid dienone is 7. The summed E-state index contributed by atoms with van der Waals surface area (Å²) < 4.78 is 23.4. The van der Waals surface area contributed by atoms with Crippen molar-refractivity contribution in [3.05, 3.63) is 48.6 Å². The van der Waals surface area contributed by atoms with Gasteiger partial charge in [0.15, 0.2) is 0 Å². The van der Waals surface area contributed by atoms with Gasteiger partial charge < -0.3 is 19.8 Å². The first kappa shape index (κ1) is 46.5. The number of carbonyl (C=O) groups excluding carboxylic acids is 1. The average Bonchev–Trinajstić information content (AvgIpc) is 3.02. The third kappa shape index (κ3) is 33.0. The van der Waals surface area contributed by atoms with Crippen molar-refractivity contribution in [3.63, 3.8) is 0 Å². The number of amides is 1. The first-order valence-electron chi connectivity index (χ1n) is 19.0. The van der Waals surface area contributed by atoms with E-state index in [2.05, 4.69) is 55.6 Å². The molecule has 0 spiro atoms. The van der Waals surface area contributed by atoms with Crippen molar-refractivity contribution >= 4 is 13.7 Å². The maximum Gasteiger partial charge on any atom is 0.472 e. The summed E-state index contributed by atoms with van der Waals surface area (Å²) in [5.74, 6) is -0.202. The highest BCUT2D eigenvalue weighted by Crippen LogP contribution is 2.43. The van der Waals surface area contributed by atoms with Gasteiger partial charge in [-0.25, -0.2) is 4.57 Å². The molecule has 0 rings (SSSR count). The van der Waals surface area contributed by atoms with Crippen LogP contribution in [0.5, 0.6) is 0 Å². The molecule has 3 unspecified atom stereocenters. The number of aliphatic hydroxyl groups excluding tert-OH is 1. The predicted octanol–water partition coefficient (Wildman–Crippen LogP) is 9.74. The second-order valence-electron chi connectivity index (χ2n) is 13.9. The summed E-state index contributed by atoms with van der Waals surface area (Å²) in [6, 6.07) is -0.864. The summed E-state index contributed by atoms with van der Waals surface area (Å²) in [5, 5.41) is 13.7. The number of aliphatic hydroxyl groups is 1. The van der Waals surface area contributed by atoms with Crippen LogP contribution in [0.3, 0.4) is 0 Å². The van der Waals surface area contributed by atoms with E-state index in [-0.39, 0.29) is 19.1 Å². The lowest BCUT2D eigenvalue weighted by Gasteiger charge is -2.25. The van der Waals surface area contributed by atoms with Gasteiger partial charge in [0, 0.05) is 6.42 Å². The van der Waals surface area contributed by atoms with E-state index in [9.17, 15) is 19.4 Å². The van der Waals surface area contributed by atoms with Crippen LogP contribution in [0.2, 0.25) is 0 Å². The molecular weight excluding hydrogens is 623 g/mol. The minimum Gasteiger partial charge on any atom is -0.387 e. The minimum atomic E-state index is -4.34. The third-order valence-electron chi connectivity index (χ3n) is 8.02. The van der Waals surface area contributed by atoms with Crippen molar-refractivity contribution in [2.75, 3.05) is 40.9 Å². The van der Waals surface area contributed by atoms with Gasteiger partial charge in [0.2, 0.25) is 5.91 Å². The number of phosphoric acid groups is 1. The van der Waals surface area contributed by atoms with E-state index in [1.54, 1.807) is 6.08 Å². The van der Waals surface area contributed by atoms with Crippen LogP contribution in [-0.2, 0) is 18.4 Å². The van der Waals surface area contributed by atoms with Crippen LogP contribution in [-0.4, -0.2) is 73.4 Å². The number of quaternary nitrogens is 1. The van der Waals surface area contributed by atoms with Gasteiger partial charge in [-0.15, -0.1) is 0 Å². The molecule has 0 aliphatic rings. The van der Waals surface area contributed by atoms with Crippen LogP contribution in [0.4, 0.5) is 0 Å². The number of phosphoric ester groups is 1. The molecule has 0 bridgehead atoms. The van der Waals surface area contributed by atoms with Gasteiger partial charge in [-0.1, -0.05) is 120 Å². The van der Waals surface area contributed by atoms with Crippen molar-refractivity contribution in [2.24, 2.45) is 0 Å². The molecule has 0 aromatic carbocycles. The van der Waals surface area contributed by atoms with Crippen LogP contribution in [0.25, 0.3) is 0 Å².